The van der Waals surface area contributed by atoms with Gasteiger partial charge in [-0.15, -0.1) is 0 Å². The second-order valence-corrected chi connectivity index (χ2v) is 4.97. The van der Waals surface area contributed by atoms with Crippen molar-refractivity contribution in [1.82, 2.24) is 4.90 Å². The van der Waals surface area contributed by atoms with E-state index in [1.807, 2.05) is 18.2 Å². The largest absolute Gasteiger partial charge is 0.497 e. The first-order valence-corrected chi connectivity index (χ1v) is 7.02. The van der Waals surface area contributed by atoms with Crippen LogP contribution in [0.3, 0.4) is 0 Å². The van der Waals surface area contributed by atoms with Gasteiger partial charge in [0.15, 0.2) is 0 Å². The third-order valence-electron chi connectivity index (χ3n) is 3.22. The molecule has 110 valence electrons. The van der Waals surface area contributed by atoms with Gasteiger partial charge in [-0.25, -0.2) is 0 Å². The van der Waals surface area contributed by atoms with E-state index in [1.165, 1.54) is 0 Å². The van der Waals surface area contributed by atoms with Crippen LogP contribution in [0.25, 0.3) is 0 Å². The lowest BCUT2D eigenvalue weighted by atomic mass is 10.2. The van der Waals surface area contributed by atoms with Crippen LogP contribution in [-0.2, 0) is 4.74 Å². The maximum atomic E-state index is 5.81. The highest BCUT2D eigenvalue weighted by atomic mass is 32.1. The minimum Gasteiger partial charge on any atom is -0.497 e. The van der Waals surface area contributed by atoms with Crippen molar-refractivity contribution in [2.75, 3.05) is 46.6 Å². The molecule has 1 aliphatic heterocycles. The number of rotatable bonds is 6. The van der Waals surface area contributed by atoms with Gasteiger partial charge in [0.05, 0.1) is 25.9 Å². The molecule has 0 saturated carbocycles. The number of ether oxygens (including phenoxy) is 3. The van der Waals surface area contributed by atoms with E-state index in [-0.39, 0.29) is 0 Å². The molecule has 0 amide bonds. The zero-order valence-electron chi connectivity index (χ0n) is 11.6. The van der Waals surface area contributed by atoms with E-state index in [4.69, 9.17) is 32.2 Å². The molecule has 1 aromatic carbocycles. The zero-order chi connectivity index (χ0) is 14.4. The van der Waals surface area contributed by atoms with E-state index in [9.17, 15) is 0 Å². The molecule has 0 aliphatic carbocycles. The normalized spacial score (nSPS) is 15.8. The summed E-state index contributed by atoms with van der Waals surface area (Å²) in [6.45, 7) is 4.92. The van der Waals surface area contributed by atoms with E-state index in [1.54, 1.807) is 7.11 Å². The summed E-state index contributed by atoms with van der Waals surface area (Å²) in [6.07, 6.45) is 0. The molecule has 0 atom stereocenters. The summed E-state index contributed by atoms with van der Waals surface area (Å²) in [5.74, 6) is 1.40. The summed E-state index contributed by atoms with van der Waals surface area (Å²) in [7, 11) is 1.62. The summed E-state index contributed by atoms with van der Waals surface area (Å²) in [5, 5.41) is 0. The van der Waals surface area contributed by atoms with Crippen molar-refractivity contribution >= 4 is 17.2 Å². The van der Waals surface area contributed by atoms with Crippen LogP contribution in [0, 0.1) is 0 Å². The van der Waals surface area contributed by atoms with E-state index in [0.717, 1.165) is 44.2 Å². The third kappa shape index (κ3) is 4.06. The van der Waals surface area contributed by atoms with E-state index in [2.05, 4.69) is 4.90 Å². The van der Waals surface area contributed by atoms with Crippen LogP contribution in [0.5, 0.6) is 11.5 Å². The highest BCUT2D eigenvalue weighted by Crippen LogP contribution is 2.24. The fourth-order valence-electron chi connectivity index (χ4n) is 2.06. The molecule has 1 heterocycles. The van der Waals surface area contributed by atoms with Gasteiger partial charge in [0.1, 0.15) is 23.1 Å². The smallest absolute Gasteiger partial charge is 0.133 e. The minimum atomic E-state index is 0.328. The van der Waals surface area contributed by atoms with Gasteiger partial charge in [0.25, 0.3) is 0 Å². The highest BCUT2D eigenvalue weighted by Gasteiger charge is 2.12. The topological polar surface area (TPSA) is 57.0 Å². The fraction of sp³-hybridized carbons (Fsp3) is 0.500. The van der Waals surface area contributed by atoms with Gasteiger partial charge in [0, 0.05) is 25.7 Å². The summed E-state index contributed by atoms with van der Waals surface area (Å²) >= 11 is 5.03. The number of hydrogen-bond donors (Lipinski definition) is 1. The first-order chi connectivity index (χ1) is 9.70. The number of nitrogens with two attached hydrogens (primary N) is 1. The first kappa shape index (κ1) is 15.0. The summed E-state index contributed by atoms with van der Waals surface area (Å²) in [4.78, 5) is 2.64. The number of methoxy groups -OCH3 is 1. The maximum Gasteiger partial charge on any atom is 0.133 e. The van der Waals surface area contributed by atoms with E-state index >= 15 is 0 Å². The maximum absolute atomic E-state index is 5.81. The molecule has 2 N–H and O–H groups in total. The zero-order valence-corrected chi connectivity index (χ0v) is 12.4. The van der Waals surface area contributed by atoms with Crippen molar-refractivity contribution in [2.24, 2.45) is 5.73 Å². The molecule has 20 heavy (non-hydrogen) atoms. The van der Waals surface area contributed by atoms with Gasteiger partial charge in [-0.3, -0.25) is 4.90 Å². The number of hydrogen-bond acceptors (Lipinski definition) is 5. The van der Waals surface area contributed by atoms with Gasteiger partial charge < -0.3 is 19.9 Å². The van der Waals surface area contributed by atoms with Crippen molar-refractivity contribution < 1.29 is 14.2 Å². The van der Waals surface area contributed by atoms with Crippen LogP contribution in [-0.4, -0.2) is 56.5 Å². The molecular weight excluding hydrogens is 276 g/mol. The number of benzene rings is 1. The van der Waals surface area contributed by atoms with Gasteiger partial charge in [-0.05, 0) is 12.1 Å². The molecule has 0 bridgehead atoms. The Hall–Kier alpha value is -1.37. The first-order valence-electron chi connectivity index (χ1n) is 6.61. The second kappa shape index (κ2) is 7.42. The average Bonchev–Trinajstić information content (AvgIpc) is 2.48. The molecule has 5 nitrogen and oxygen atoms in total. The lowest BCUT2D eigenvalue weighted by Gasteiger charge is -2.26. The average molecular weight is 296 g/mol. The standard InChI is InChI=1S/C14H20N2O3S/c1-17-11-2-3-12(14(15)20)13(10-11)19-9-6-16-4-7-18-8-5-16/h2-3,10H,4-9H2,1H3,(H2,15,20). The van der Waals surface area contributed by atoms with Crippen LogP contribution in [0.15, 0.2) is 18.2 Å². The second-order valence-electron chi connectivity index (χ2n) is 4.53. The lowest BCUT2D eigenvalue weighted by molar-refractivity contribution is 0.0322. The molecule has 1 aromatic rings. The highest BCUT2D eigenvalue weighted by molar-refractivity contribution is 7.80. The summed E-state index contributed by atoms with van der Waals surface area (Å²) in [5.41, 5.74) is 6.44. The van der Waals surface area contributed by atoms with Crippen molar-refractivity contribution in [2.45, 2.75) is 0 Å². The molecule has 1 aliphatic rings. The molecule has 0 radical (unpaired) electrons. The van der Waals surface area contributed by atoms with Gasteiger partial charge >= 0.3 is 0 Å². The minimum absolute atomic E-state index is 0.328. The Bertz CT molecular complexity index is 462. The van der Waals surface area contributed by atoms with E-state index < -0.39 is 0 Å². The molecular formula is C14H20N2O3S. The SMILES string of the molecule is COc1ccc(C(N)=S)c(OCCN2CCOCC2)c1. The quantitative estimate of drug-likeness (QED) is 0.792. The van der Waals surface area contributed by atoms with Crippen molar-refractivity contribution in [1.29, 1.82) is 0 Å². The number of thiocarbonyl (C=S) groups is 1. The van der Waals surface area contributed by atoms with Crippen LogP contribution in [0.1, 0.15) is 5.56 Å². The predicted molar refractivity (Wildman–Crippen MR) is 81.6 cm³/mol. The van der Waals surface area contributed by atoms with Crippen LogP contribution in [0.4, 0.5) is 0 Å². The molecule has 0 unspecified atom stereocenters. The lowest BCUT2D eigenvalue weighted by Crippen LogP contribution is -2.38. The Labute approximate surface area is 124 Å². The van der Waals surface area contributed by atoms with Crippen molar-refractivity contribution in [3.05, 3.63) is 23.8 Å². The Morgan fingerprint density at radius 2 is 2.15 bits per heavy atom. The van der Waals surface area contributed by atoms with Gasteiger partial charge in [-0.1, -0.05) is 12.2 Å². The fourth-order valence-corrected chi connectivity index (χ4v) is 2.23. The summed E-state index contributed by atoms with van der Waals surface area (Å²) < 4.78 is 16.3. The number of nitrogens with zero attached hydrogens (tertiary/aromatic N) is 1. The molecule has 6 heteroatoms. The predicted octanol–water partition coefficient (Wildman–Crippen LogP) is 1.04. The van der Waals surface area contributed by atoms with Crippen LogP contribution >= 0.6 is 12.2 Å². The number of morpholine rings is 1. The Morgan fingerprint density at radius 1 is 1.40 bits per heavy atom. The van der Waals surface area contributed by atoms with Gasteiger partial charge in [-0.2, -0.15) is 0 Å². The molecule has 2 rings (SSSR count). The molecule has 1 fully saturated rings. The summed E-state index contributed by atoms with van der Waals surface area (Å²) in [6, 6.07) is 5.46. The van der Waals surface area contributed by atoms with Crippen molar-refractivity contribution in [3.63, 3.8) is 0 Å². The Balaban J connectivity index is 1.94. The van der Waals surface area contributed by atoms with Crippen molar-refractivity contribution in [3.8, 4) is 11.5 Å². The van der Waals surface area contributed by atoms with E-state index in [0.29, 0.717) is 17.3 Å². The Kier molecular flexibility index (Phi) is 5.58. The van der Waals surface area contributed by atoms with Gasteiger partial charge in [0.2, 0.25) is 0 Å². The molecule has 0 spiro atoms. The monoisotopic (exact) mass is 296 g/mol. The Morgan fingerprint density at radius 3 is 2.80 bits per heavy atom. The third-order valence-corrected chi connectivity index (χ3v) is 3.44. The van der Waals surface area contributed by atoms with Crippen LogP contribution in [0.2, 0.25) is 0 Å². The molecule has 1 saturated heterocycles. The molecule has 0 aromatic heterocycles. The van der Waals surface area contributed by atoms with Crippen LogP contribution < -0.4 is 15.2 Å².